The molecule has 1 aliphatic carbocycles. The number of amides is 1. The van der Waals surface area contributed by atoms with E-state index in [-0.39, 0.29) is 17.9 Å². The van der Waals surface area contributed by atoms with Crippen LogP contribution in [0.15, 0.2) is 4.79 Å². The summed E-state index contributed by atoms with van der Waals surface area (Å²) in [5.41, 5.74) is 1.01. The van der Waals surface area contributed by atoms with Crippen LogP contribution in [0, 0.1) is 25.7 Å². The molecule has 3 saturated heterocycles. The quantitative estimate of drug-likeness (QED) is 0.893. The lowest BCUT2D eigenvalue weighted by molar-refractivity contribution is -0.130. The van der Waals surface area contributed by atoms with Gasteiger partial charge in [-0.3, -0.25) is 14.5 Å². The maximum Gasteiger partial charge on any atom is 0.254 e. The summed E-state index contributed by atoms with van der Waals surface area (Å²) >= 11 is 0. The van der Waals surface area contributed by atoms with Crippen molar-refractivity contribution in [2.24, 2.45) is 11.8 Å². The minimum Gasteiger partial charge on any atom is -0.341 e. The molecule has 3 aliphatic heterocycles. The Morgan fingerprint density at radius 3 is 2.68 bits per heavy atom. The van der Waals surface area contributed by atoms with Gasteiger partial charge in [0.05, 0.1) is 6.42 Å². The second-order valence-electron chi connectivity index (χ2n) is 8.19. The fourth-order valence-corrected chi connectivity index (χ4v) is 4.46. The second kappa shape index (κ2) is 6.56. The Bertz CT molecular complexity index is 725. The van der Waals surface area contributed by atoms with Gasteiger partial charge >= 0.3 is 0 Å². The molecule has 5 rings (SSSR count). The van der Waals surface area contributed by atoms with E-state index in [0.29, 0.717) is 29.0 Å². The summed E-state index contributed by atoms with van der Waals surface area (Å²) in [7, 11) is 0. The molecule has 136 valence electrons. The van der Waals surface area contributed by atoms with Gasteiger partial charge in [0, 0.05) is 43.5 Å². The van der Waals surface area contributed by atoms with Crippen LogP contribution in [0.2, 0.25) is 0 Å². The number of H-pyrrole nitrogens is 1. The van der Waals surface area contributed by atoms with Crippen molar-refractivity contribution in [3.63, 3.8) is 0 Å². The third-order valence-electron chi connectivity index (χ3n) is 6.04. The van der Waals surface area contributed by atoms with E-state index in [0.717, 1.165) is 25.6 Å². The maximum atomic E-state index is 12.9. The molecule has 0 unspecified atom stereocenters. The van der Waals surface area contributed by atoms with Crippen LogP contribution in [-0.2, 0) is 11.2 Å². The van der Waals surface area contributed by atoms with Gasteiger partial charge in [-0.25, -0.2) is 4.98 Å². The van der Waals surface area contributed by atoms with Gasteiger partial charge < -0.3 is 9.88 Å². The van der Waals surface area contributed by atoms with Crippen LogP contribution in [0.1, 0.15) is 42.8 Å². The number of carbonyl (C=O) groups excluding carboxylic acids is 1. The molecule has 1 aromatic rings. The normalized spacial score (nSPS) is 26.7. The number of aromatic nitrogens is 2. The number of hydrogen-bond acceptors (Lipinski definition) is 4. The number of aryl methyl sites for hydroxylation is 2. The summed E-state index contributed by atoms with van der Waals surface area (Å²) in [4.78, 5) is 36.8. The first-order chi connectivity index (χ1) is 12.0. The van der Waals surface area contributed by atoms with Gasteiger partial charge in [-0.2, -0.15) is 0 Å². The third-order valence-corrected chi connectivity index (χ3v) is 6.04. The van der Waals surface area contributed by atoms with Crippen LogP contribution in [0.25, 0.3) is 0 Å². The molecule has 1 amide bonds. The van der Waals surface area contributed by atoms with Crippen molar-refractivity contribution in [1.29, 1.82) is 0 Å². The molecule has 6 heteroatoms. The smallest absolute Gasteiger partial charge is 0.254 e. The highest BCUT2D eigenvalue weighted by atomic mass is 16.2. The van der Waals surface area contributed by atoms with Crippen molar-refractivity contribution in [3.8, 4) is 0 Å². The summed E-state index contributed by atoms with van der Waals surface area (Å²) in [5.74, 6) is 2.15. The lowest BCUT2D eigenvalue weighted by Crippen LogP contribution is -2.45. The number of rotatable bonds is 4. The van der Waals surface area contributed by atoms with Crippen molar-refractivity contribution in [3.05, 3.63) is 27.4 Å². The lowest BCUT2D eigenvalue weighted by Gasteiger charge is -2.36. The highest BCUT2D eigenvalue weighted by Gasteiger charge is 2.38. The number of piperidine rings is 1. The van der Waals surface area contributed by atoms with E-state index in [2.05, 4.69) is 14.9 Å². The Labute approximate surface area is 148 Å². The van der Waals surface area contributed by atoms with E-state index in [1.54, 1.807) is 6.92 Å². The summed E-state index contributed by atoms with van der Waals surface area (Å²) in [5, 5.41) is 0. The molecule has 1 aromatic heterocycles. The first kappa shape index (κ1) is 16.8. The van der Waals surface area contributed by atoms with E-state index in [4.69, 9.17) is 0 Å². The van der Waals surface area contributed by atoms with E-state index in [9.17, 15) is 9.59 Å². The van der Waals surface area contributed by atoms with Gasteiger partial charge in [0.2, 0.25) is 5.91 Å². The van der Waals surface area contributed by atoms with Crippen LogP contribution < -0.4 is 5.56 Å². The molecular weight excluding hydrogens is 316 g/mol. The van der Waals surface area contributed by atoms with Crippen LogP contribution >= 0.6 is 0 Å². The molecule has 0 radical (unpaired) electrons. The van der Waals surface area contributed by atoms with Crippen molar-refractivity contribution in [2.75, 3.05) is 26.2 Å². The Morgan fingerprint density at radius 2 is 1.96 bits per heavy atom. The minimum atomic E-state index is -0.175. The molecular formula is C19H28N4O2. The molecule has 25 heavy (non-hydrogen) atoms. The number of carbonyl (C=O) groups is 1. The minimum absolute atomic E-state index is 0.0735. The van der Waals surface area contributed by atoms with Gasteiger partial charge in [-0.05, 0) is 51.4 Å². The van der Waals surface area contributed by atoms with Crippen molar-refractivity contribution >= 4 is 5.91 Å². The SMILES string of the molecule is Cc1nc(C)c(CC(=O)N2C[C@H]3CC[C@@H](C2)N(CC2CC2)C3)c(=O)[nH]1. The lowest BCUT2D eigenvalue weighted by atomic mass is 9.95. The molecule has 1 N–H and O–H groups in total. The first-order valence-corrected chi connectivity index (χ1v) is 9.58. The number of fused-ring (bicyclic) bond motifs is 4. The summed E-state index contributed by atoms with van der Waals surface area (Å²) in [6, 6.07) is 0.499. The molecule has 0 aromatic carbocycles. The standard InChI is InChI=1S/C19H28N4O2/c1-12-17(19(25)21-13(2)20-12)7-18(24)23-10-15-5-6-16(11-23)22(9-15)8-14-3-4-14/h14-16H,3-11H2,1-2H3,(H,20,21,25)/t15-,16-/m0/s1. The average Bonchev–Trinajstić information content (AvgIpc) is 3.38. The number of nitrogens with zero attached hydrogens (tertiary/aromatic N) is 3. The van der Waals surface area contributed by atoms with Gasteiger partial charge in [-0.15, -0.1) is 0 Å². The van der Waals surface area contributed by atoms with Gasteiger partial charge in [0.15, 0.2) is 0 Å². The van der Waals surface area contributed by atoms with Crippen molar-refractivity contribution in [2.45, 2.75) is 52.0 Å². The van der Waals surface area contributed by atoms with Gasteiger partial charge in [-0.1, -0.05) is 0 Å². The fraction of sp³-hybridized carbons (Fsp3) is 0.737. The Hall–Kier alpha value is -1.69. The van der Waals surface area contributed by atoms with E-state index in [1.807, 2.05) is 11.8 Å². The average molecular weight is 344 g/mol. The topological polar surface area (TPSA) is 69.3 Å². The Morgan fingerprint density at radius 1 is 1.16 bits per heavy atom. The van der Waals surface area contributed by atoms with Crippen LogP contribution in [-0.4, -0.2) is 57.9 Å². The van der Waals surface area contributed by atoms with Crippen LogP contribution in [0.5, 0.6) is 0 Å². The molecule has 4 heterocycles. The Kier molecular flexibility index (Phi) is 4.40. The van der Waals surface area contributed by atoms with Gasteiger partial charge in [0.25, 0.3) is 5.56 Å². The van der Waals surface area contributed by atoms with E-state index < -0.39 is 0 Å². The third kappa shape index (κ3) is 3.64. The van der Waals surface area contributed by atoms with Gasteiger partial charge in [0.1, 0.15) is 5.82 Å². The van der Waals surface area contributed by atoms with Crippen LogP contribution in [0.4, 0.5) is 0 Å². The number of aromatic amines is 1. The van der Waals surface area contributed by atoms with Crippen LogP contribution in [0.3, 0.4) is 0 Å². The summed E-state index contributed by atoms with van der Waals surface area (Å²) < 4.78 is 0. The Balaban J connectivity index is 1.47. The van der Waals surface area contributed by atoms with Crippen molar-refractivity contribution in [1.82, 2.24) is 19.8 Å². The molecule has 4 aliphatic rings. The highest BCUT2D eigenvalue weighted by molar-refractivity contribution is 5.79. The first-order valence-electron chi connectivity index (χ1n) is 9.58. The fourth-order valence-electron chi connectivity index (χ4n) is 4.46. The molecule has 2 bridgehead atoms. The monoisotopic (exact) mass is 344 g/mol. The zero-order valence-corrected chi connectivity index (χ0v) is 15.3. The summed E-state index contributed by atoms with van der Waals surface area (Å²) in [6.45, 7) is 7.58. The highest BCUT2D eigenvalue weighted by Crippen LogP contribution is 2.34. The van der Waals surface area contributed by atoms with E-state index >= 15 is 0 Å². The zero-order chi connectivity index (χ0) is 17.6. The van der Waals surface area contributed by atoms with E-state index in [1.165, 1.54) is 32.2 Å². The maximum absolute atomic E-state index is 12.9. The summed E-state index contributed by atoms with van der Waals surface area (Å²) in [6.07, 6.45) is 5.34. The molecule has 0 spiro atoms. The molecule has 6 nitrogen and oxygen atoms in total. The molecule has 2 atom stereocenters. The van der Waals surface area contributed by atoms with Crippen molar-refractivity contribution < 1.29 is 4.79 Å². The largest absolute Gasteiger partial charge is 0.341 e. The number of nitrogens with one attached hydrogen (secondary N) is 1. The number of hydrogen-bond donors (Lipinski definition) is 1. The predicted octanol–water partition coefficient (Wildman–Crippen LogP) is 1.26. The predicted molar refractivity (Wildman–Crippen MR) is 95.4 cm³/mol. The molecule has 4 fully saturated rings. The molecule has 1 saturated carbocycles. The zero-order valence-electron chi connectivity index (χ0n) is 15.3. The second-order valence-corrected chi connectivity index (χ2v) is 8.19.